The number of anilines is 1. The van der Waals surface area contributed by atoms with Crippen LogP contribution in [0.2, 0.25) is 0 Å². The Morgan fingerprint density at radius 2 is 1.82 bits per heavy atom. The van der Waals surface area contributed by atoms with Crippen LogP contribution in [-0.2, 0) is 10.0 Å². The fourth-order valence-corrected chi connectivity index (χ4v) is 5.88. The molecule has 1 saturated heterocycles. The van der Waals surface area contributed by atoms with Crippen LogP contribution in [-0.4, -0.2) is 49.0 Å². The number of aromatic nitrogens is 2. The van der Waals surface area contributed by atoms with Gasteiger partial charge in [0, 0.05) is 25.1 Å². The third-order valence-corrected chi connectivity index (χ3v) is 8.31. The third kappa shape index (κ3) is 5.02. The number of nitrogens with one attached hydrogen (secondary N) is 1. The van der Waals surface area contributed by atoms with Crippen molar-refractivity contribution in [1.29, 1.82) is 0 Å². The van der Waals surface area contributed by atoms with Crippen molar-refractivity contribution in [3.63, 3.8) is 0 Å². The second kappa shape index (κ2) is 9.49. The lowest BCUT2D eigenvalue weighted by Crippen LogP contribution is -2.37. The molecule has 8 nitrogen and oxygen atoms in total. The van der Waals surface area contributed by atoms with Crippen molar-refractivity contribution in [2.45, 2.75) is 23.7 Å². The number of piperidine rings is 1. The molecule has 33 heavy (non-hydrogen) atoms. The van der Waals surface area contributed by atoms with Crippen molar-refractivity contribution < 1.29 is 26.7 Å². The Bertz CT molecular complexity index is 1260. The highest BCUT2D eigenvalue weighted by molar-refractivity contribution is 7.89. The maximum Gasteiger partial charge on any atom is 0.286 e. The molecule has 12 heteroatoms. The second-order valence-corrected chi connectivity index (χ2v) is 10.3. The molecule has 0 radical (unpaired) electrons. The molecular formula is C21H20F2N4O4S2. The highest BCUT2D eigenvalue weighted by Crippen LogP contribution is 2.33. The lowest BCUT2D eigenvalue weighted by molar-refractivity contribution is 0.102. The second-order valence-electron chi connectivity index (χ2n) is 7.38. The first-order valence-corrected chi connectivity index (χ1v) is 12.3. The van der Waals surface area contributed by atoms with Gasteiger partial charge in [-0.05, 0) is 49.2 Å². The summed E-state index contributed by atoms with van der Waals surface area (Å²) in [6, 6.07) is 9.08. The van der Waals surface area contributed by atoms with Crippen LogP contribution >= 0.6 is 11.3 Å². The van der Waals surface area contributed by atoms with E-state index in [0.29, 0.717) is 42.8 Å². The number of hydrogen-bond acceptors (Lipinski definition) is 7. The molecule has 0 aliphatic carbocycles. The molecular weight excluding hydrogens is 474 g/mol. The Labute approximate surface area is 193 Å². The van der Waals surface area contributed by atoms with Gasteiger partial charge in [0.2, 0.25) is 15.0 Å². The van der Waals surface area contributed by atoms with Crippen LogP contribution in [0.15, 0.2) is 47.4 Å². The van der Waals surface area contributed by atoms with Crippen molar-refractivity contribution in [3.05, 3.63) is 64.1 Å². The lowest BCUT2D eigenvalue weighted by atomic mass is 9.99. The summed E-state index contributed by atoms with van der Waals surface area (Å²) >= 11 is 1.07. The highest BCUT2D eigenvalue weighted by Gasteiger charge is 2.31. The summed E-state index contributed by atoms with van der Waals surface area (Å²) in [5.41, 5.74) is -0.157. The molecule has 0 atom stereocenters. The number of methoxy groups -OCH3 is 1. The molecule has 174 valence electrons. The molecule has 2 aromatic carbocycles. The first-order chi connectivity index (χ1) is 15.8. The fraction of sp³-hybridized carbons (Fsp3) is 0.286. The number of ether oxygens (including phenoxy) is 1. The van der Waals surface area contributed by atoms with E-state index >= 15 is 0 Å². The quantitative estimate of drug-likeness (QED) is 0.562. The summed E-state index contributed by atoms with van der Waals surface area (Å²) in [7, 11) is -2.11. The monoisotopic (exact) mass is 494 g/mol. The number of rotatable bonds is 6. The zero-order valence-corrected chi connectivity index (χ0v) is 19.1. The van der Waals surface area contributed by atoms with E-state index in [0.717, 1.165) is 23.5 Å². The van der Waals surface area contributed by atoms with Gasteiger partial charge in [-0.1, -0.05) is 11.3 Å². The number of carbonyl (C=O) groups excluding carboxylic acids is 1. The third-order valence-electron chi connectivity index (χ3n) is 5.31. The van der Waals surface area contributed by atoms with Gasteiger partial charge in [0.25, 0.3) is 5.91 Å². The topological polar surface area (TPSA) is 101 Å². The van der Waals surface area contributed by atoms with Gasteiger partial charge in [-0.25, -0.2) is 17.2 Å². The number of nitrogens with zero attached hydrogens (tertiary/aromatic N) is 3. The van der Waals surface area contributed by atoms with Gasteiger partial charge >= 0.3 is 0 Å². The summed E-state index contributed by atoms with van der Waals surface area (Å²) in [4.78, 5) is 12.6. The standard InChI is InChI=1S/C21H20F2N4O4S2/c1-31-15-3-5-16(6-4-15)33(29,30)27-10-8-13(9-11-27)20-25-26-21(32-20)19(28)24-18-7-2-14(22)12-17(18)23/h2-7,12-13H,8-11H2,1H3,(H,24,28). The predicted octanol–water partition coefficient (Wildman–Crippen LogP) is 3.65. The lowest BCUT2D eigenvalue weighted by Gasteiger charge is -2.30. The molecule has 4 rings (SSSR count). The van der Waals surface area contributed by atoms with Crippen molar-refractivity contribution in [2.75, 3.05) is 25.5 Å². The minimum Gasteiger partial charge on any atom is -0.497 e. The molecule has 1 N–H and O–H groups in total. The van der Waals surface area contributed by atoms with E-state index in [1.165, 1.54) is 23.5 Å². The molecule has 1 fully saturated rings. The molecule has 3 aromatic rings. The van der Waals surface area contributed by atoms with Crippen molar-refractivity contribution >= 4 is 33.0 Å². The maximum atomic E-state index is 13.8. The minimum absolute atomic E-state index is 0.0435. The Hall–Kier alpha value is -2.96. The van der Waals surface area contributed by atoms with Crippen LogP contribution in [0.25, 0.3) is 0 Å². The summed E-state index contributed by atoms with van der Waals surface area (Å²) in [6.45, 7) is 0.613. The van der Waals surface area contributed by atoms with Crippen LogP contribution in [0.5, 0.6) is 5.75 Å². The van der Waals surface area contributed by atoms with E-state index in [1.807, 2.05) is 0 Å². The average Bonchev–Trinajstić information content (AvgIpc) is 3.31. The average molecular weight is 495 g/mol. The largest absolute Gasteiger partial charge is 0.497 e. The maximum absolute atomic E-state index is 13.8. The van der Waals surface area contributed by atoms with Crippen LogP contribution in [0, 0.1) is 11.6 Å². The van der Waals surface area contributed by atoms with Gasteiger partial charge in [-0.3, -0.25) is 4.79 Å². The van der Waals surface area contributed by atoms with Gasteiger partial charge in [0.1, 0.15) is 22.4 Å². The molecule has 0 unspecified atom stereocenters. The van der Waals surface area contributed by atoms with E-state index in [2.05, 4.69) is 15.5 Å². The molecule has 1 aliphatic rings. The Morgan fingerprint density at radius 1 is 1.12 bits per heavy atom. The normalized spacial score (nSPS) is 15.4. The fourth-order valence-electron chi connectivity index (χ4n) is 3.50. The van der Waals surface area contributed by atoms with Gasteiger partial charge in [-0.2, -0.15) is 4.31 Å². The van der Waals surface area contributed by atoms with E-state index in [-0.39, 0.29) is 21.5 Å². The Kier molecular flexibility index (Phi) is 6.68. The summed E-state index contributed by atoms with van der Waals surface area (Å²) in [5, 5.41) is 11.0. The van der Waals surface area contributed by atoms with Crippen molar-refractivity contribution in [1.82, 2.24) is 14.5 Å². The number of sulfonamides is 1. The molecule has 1 amide bonds. The van der Waals surface area contributed by atoms with Gasteiger partial charge in [-0.15, -0.1) is 10.2 Å². The van der Waals surface area contributed by atoms with E-state index in [9.17, 15) is 22.0 Å². The molecule has 2 heterocycles. The number of amides is 1. The first kappa shape index (κ1) is 23.2. The number of halogens is 2. The van der Waals surface area contributed by atoms with Gasteiger partial charge in [0.15, 0.2) is 0 Å². The molecule has 0 bridgehead atoms. The number of benzene rings is 2. The molecule has 1 aromatic heterocycles. The Morgan fingerprint density at radius 3 is 2.45 bits per heavy atom. The summed E-state index contributed by atoms with van der Waals surface area (Å²) in [6.07, 6.45) is 1.05. The van der Waals surface area contributed by atoms with E-state index in [4.69, 9.17) is 4.74 Å². The first-order valence-electron chi connectivity index (χ1n) is 10.0. The predicted molar refractivity (Wildman–Crippen MR) is 118 cm³/mol. The summed E-state index contributed by atoms with van der Waals surface area (Å²) < 4.78 is 59.1. The van der Waals surface area contributed by atoms with Crippen molar-refractivity contribution in [3.8, 4) is 5.75 Å². The van der Waals surface area contributed by atoms with Crippen LogP contribution in [0.3, 0.4) is 0 Å². The van der Waals surface area contributed by atoms with Crippen LogP contribution in [0.4, 0.5) is 14.5 Å². The summed E-state index contributed by atoms with van der Waals surface area (Å²) in [5.74, 6) is -1.76. The molecule has 0 spiro atoms. The van der Waals surface area contributed by atoms with E-state index in [1.54, 1.807) is 12.1 Å². The molecule has 0 saturated carbocycles. The van der Waals surface area contributed by atoms with Gasteiger partial charge < -0.3 is 10.1 Å². The SMILES string of the molecule is COc1ccc(S(=O)(=O)N2CCC(c3nnc(C(=O)Nc4ccc(F)cc4F)s3)CC2)cc1. The zero-order chi connectivity index (χ0) is 23.6. The van der Waals surface area contributed by atoms with Gasteiger partial charge in [0.05, 0.1) is 17.7 Å². The van der Waals surface area contributed by atoms with E-state index < -0.39 is 27.6 Å². The highest BCUT2D eigenvalue weighted by atomic mass is 32.2. The van der Waals surface area contributed by atoms with Crippen LogP contribution < -0.4 is 10.1 Å². The van der Waals surface area contributed by atoms with Crippen molar-refractivity contribution in [2.24, 2.45) is 0 Å². The minimum atomic E-state index is -3.62. The Balaban J connectivity index is 1.38. The number of carbonyl (C=O) groups is 1. The zero-order valence-electron chi connectivity index (χ0n) is 17.5. The molecule has 1 aliphatic heterocycles. The smallest absolute Gasteiger partial charge is 0.286 e. The van der Waals surface area contributed by atoms with Crippen LogP contribution in [0.1, 0.15) is 33.6 Å². The number of hydrogen-bond donors (Lipinski definition) is 1.